The van der Waals surface area contributed by atoms with Crippen molar-refractivity contribution >= 4 is 12.0 Å². The van der Waals surface area contributed by atoms with Crippen molar-refractivity contribution in [3.8, 4) is 5.75 Å². The van der Waals surface area contributed by atoms with Crippen molar-refractivity contribution in [2.75, 3.05) is 13.7 Å². The van der Waals surface area contributed by atoms with E-state index in [2.05, 4.69) is 24.4 Å². The lowest BCUT2D eigenvalue weighted by Gasteiger charge is -2.12. The molecule has 3 nitrogen and oxygen atoms in total. The van der Waals surface area contributed by atoms with E-state index in [1.165, 1.54) is 5.56 Å². The quantitative estimate of drug-likeness (QED) is 0.821. The third-order valence-corrected chi connectivity index (χ3v) is 3.75. The van der Waals surface area contributed by atoms with E-state index in [1.807, 2.05) is 43.3 Å². The van der Waals surface area contributed by atoms with Gasteiger partial charge in [0.2, 0.25) is 5.91 Å². The van der Waals surface area contributed by atoms with E-state index in [-0.39, 0.29) is 11.8 Å². The fraction of sp³-hybridized carbons (Fsp3) is 0.250. The van der Waals surface area contributed by atoms with Crippen LogP contribution in [-0.2, 0) is 4.79 Å². The van der Waals surface area contributed by atoms with Crippen LogP contribution in [0.2, 0.25) is 0 Å². The molecular formula is C20H23NO2. The van der Waals surface area contributed by atoms with Gasteiger partial charge >= 0.3 is 0 Å². The van der Waals surface area contributed by atoms with Crippen molar-refractivity contribution < 1.29 is 9.53 Å². The molecule has 3 heteroatoms. The number of carbonyl (C=O) groups excluding carboxylic acids is 1. The fourth-order valence-corrected chi connectivity index (χ4v) is 2.36. The molecule has 0 aliphatic rings. The minimum atomic E-state index is -0.101. The Hall–Kier alpha value is -2.55. The second-order valence-electron chi connectivity index (χ2n) is 5.64. The van der Waals surface area contributed by atoms with E-state index in [0.29, 0.717) is 6.54 Å². The van der Waals surface area contributed by atoms with Crippen LogP contribution in [0, 0.1) is 6.92 Å². The van der Waals surface area contributed by atoms with Crippen molar-refractivity contribution in [3.63, 3.8) is 0 Å². The molecule has 2 rings (SSSR count). The number of hydrogen-bond acceptors (Lipinski definition) is 2. The van der Waals surface area contributed by atoms with Crippen molar-refractivity contribution in [2.45, 2.75) is 19.8 Å². The standard InChI is InChI=1S/C20H23NO2/c1-15-9-11-19(23-3)18(13-15)10-12-20(22)21-14-16(2)17-7-5-4-6-8-17/h4-13,16H,14H2,1-3H3,(H,21,22)/b12-10+/t16-/m0/s1. The van der Waals surface area contributed by atoms with Crippen molar-refractivity contribution in [3.05, 3.63) is 71.3 Å². The maximum absolute atomic E-state index is 12.0. The molecule has 1 amide bonds. The summed E-state index contributed by atoms with van der Waals surface area (Å²) < 4.78 is 5.31. The number of ether oxygens (including phenoxy) is 1. The molecule has 2 aromatic carbocycles. The first-order valence-corrected chi connectivity index (χ1v) is 7.75. The first-order valence-electron chi connectivity index (χ1n) is 7.75. The van der Waals surface area contributed by atoms with E-state index in [0.717, 1.165) is 16.9 Å². The lowest BCUT2D eigenvalue weighted by Crippen LogP contribution is -2.25. The average molecular weight is 309 g/mol. The Morgan fingerprint density at radius 2 is 1.96 bits per heavy atom. The molecule has 0 saturated carbocycles. The van der Waals surface area contributed by atoms with Gasteiger partial charge in [-0.2, -0.15) is 0 Å². The molecule has 0 unspecified atom stereocenters. The highest BCUT2D eigenvalue weighted by molar-refractivity contribution is 5.92. The molecule has 0 radical (unpaired) electrons. The van der Waals surface area contributed by atoms with E-state index in [4.69, 9.17) is 4.74 Å². The van der Waals surface area contributed by atoms with Crippen molar-refractivity contribution in [2.24, 2.45) is 0 Å². The second-order valence-corrected chi connectivity index (χ2v) is 5.64. The molecule has 1 atom stereocenters. The van der Waals surface area contributed by atoms with Crippen LogP contribution in [0.5, 0.6) is 5.75 Å². The van der Waals surface area contributed by atoms with Crippen LogP contribution in [0.4, 0.5) is 0 Å². The third kappa shape index (κ3) is 4.99. The zero-order valence-electron chi connectivity index (χ0n) is 13.9. The molecule has 0 heterocycles. The predicted molar refractivity (Wildman–Crippen MR) is 94.6 cm³/mol. The molecule has 0 saturated heterocycles. The zero-order valence-corrected chi connectivity index (χ0v) is 13.9. The van der Waals surface area contributed by atoms with Crippen LogP contribution in [0.15, 0.2) is 54.6 Å². The van der Waals surface area contributed by atoms with Crippen LogP contribution in [0.25, 0.3) is 6.08 Å². The predicted octanol–water partition coefficient (Wildman–Crippen LogP) is 3.94. The van der Waals surface area contributed by atoms with Gasteiger partial charge in [-0.3, -0.25) is 4.79 Å². The molecule has 0 bridgehead atoms. The van der Waals surface area contributed by atoms with Gasteiger partial charge in [-0.25, -0.2) is 0 Å². The van der Waals surface area contributed by atoms with Gasteiger partial charge in [0.15, 0.2) is 0 Å². The molecule has 2 aromatic rings. The molecule has 0 fully saturated rings. The minimum Gasteiger partial charge on any atom is -0.496 e. The van der Waals surface area contributed by atoms with E-state index < -0.39 is 0 Å². The van der Waals surface area contributed by atoms with Crippen molar-refractivity contribution in [1.82, 2.24) is 5.32 Å². The number of amides is 1. The van der Waals surface area contributed by atoms with E-state index >= 15 is 0 Å². The van der Waals surface area contributed by atoms with Crippen LogP contribution in [0.1, 0.15) is 29.5 Å². The molecule has 23 heavy (non-hydrogen) atoms. The van der Waals surface area contributed by atoms with Gasteiger partial charge in [0.1, 0.15) is 5.75 Å². The third-order valence-electron chi connectivity index (χ3n) is 3.75. The number of benzene rings is 2. The fourth-order valence-electron chi connectivity index (χ4n) is 2.36. The summed E-state index contributed by atoms with van der Waals surface area (Å²) in [7, 11) is 1.63. The Labute approximate surface area is 138 Å². The number of methoxy groups -OCH3 is 1. The van der Waals surface area contributed by atoms with Crippen LogP contribution >= 0.6 is 0 Å². The molecule has 0 spiro atoms. The van der Waals surface area contributed by atoms with E-state index in [1.54, 1.807) is 19.3 Å². The second kappa shape index (κ2) is 8.18. The zero-order chi connectivity index (χ0) is 16.7. The molecule has 0 aliphatic carbocycles. The smallest absolute Gasteiger partial charge is 0.244 e. The highest BCUT2D eigenvalue weighted by atomic mass is 16.5. The molecular weight excluding hydrogens is 286 g/mol. The lowest BCUT2D eigenvalue weighted by molar-refractivity contribution is -0.116. The summed E-state index contributed by atoms with van der Waals surface area (Å²) in [6.45, 7) is 4.72. The summed E-state index contributed by atoms with van der Waals surface area (Å²) >= 11 is 0. The first-order chi connectivity index (χ1) is 11.1. The summed E-state index contributed by atoms with van der Waals surface area (Å²) in [5, 5.41) is 2.94. The Bertz CT molecular complexity index is 677. The van der Waals surface area contributed by atoms with Gasteiger partial charge in [-0.1, -0.05) is 48.9 Å². The lowest BCUT2D eigenvalue weighted by atomic mass is 10.0. The van der Waals surface area contributed by atoms with Crippen LogP contribution in [0.3, 0.4) is 0 Å². The summed E-state index contributed by atoms with van der Waals surface area (Å²) in [6.07, 6.45) is 3.34. The summed E-state index contributed by atoms with van der Waals surface area (Å²) in [6, 6.07) is 16.0. The summed E-state index contributed by atoms with van der Waals surface area (Å²) in [5.41, 5.74) is 3.25. The van der Waals surface area contributed by atoms with Crippen LogP contribution in [-0.4, -0.2) is 19.6 Å². The number of aryl methyl sites for hydroxylation is 1. The highest BCUT2D eigenvalue weighted by Crippen LogP contribution is 2.21. The highest BCUT2D eigenvalue weighted by Gasteiger charge is 2.06. The van der Waals surface area contributed by atoms with E-state index in [9.17, 15) is 4.79 Å². The average Bonchev–Trinajstić information content (AvgIpc) is 2.58. The number of rotatable bonds is 6. The Balaban J connectivity index is 1.93. The number of nitrogens with one attached hydrogen (secondary N) is 1. The molecule has 120 valence electrons. The van der Waals surface area contributed by atoms with Gasteiger partial charge in [-0.05, 0) is 36.6 Å². The monoisotopic (exact) mass is 309 g/mol. The van der Waals surface area contributed by atoms with Gasteiger partial charge in [0.25, 0.3) is 0 Å². The molecule has 0 aromatic heterocycles. The summed E-state index contributed by atoms with van der Waals surface area (Å²) in [5.74, 6) is 0.940. The number of carbonyl (C=O) groups is 1. The van der Waals surface area contributed by atoms with Gasteiger partial charge in [0, 0.05) is 18.2 Å². The van der Waals surface area contributed by atoms with Gasteiger partial charge in [-0.15, -0.1) is 0 Å². The van der Waals surface area contributed by atoms with Crippen LogP contribution < -0.4 is 10.1 Å². The SMILES string of the molecule is COc1ccc(C)cc1/C=C/C(=O)NC[C@H](C)c1ccccc1. The Morgan fingerprint density at radius 1 is 1.22 bits per heavy atom. The normalized spacial score (nSPS) is 12.1. The maximum Gasteiger partial charge on any atom is 0.244 e. The first kappa shape index (κ1) is 16.8. The molecule has 0 aliphatic heterocycles. The topological polar surface area (TPSA) is 38.3 Å². The van der Waals surface area contributed by atoms with Crippen molar-refractivity contribution in [1.29, 1.82) is 0 Å². The summed E-state index contributed by atoms with van der Waals surface area (Å²) in [4.78, 5) is 12.0. The molecule has 1 N–H and O–H groups in total. The van der Waals surface area contributed by atoms with Gasteiger partial charge in [0.05, 0.1) is 7.11 Å². The Morgan fingerprint density at radius 3 is 2.65 bits per heavy atom. The Kier molecular flexibility index (Phi) is 5.98. The van der Waals surface area contributed by atoms with Gasteiger partial charge < -0.3 is 10.1 Å². The number of hydrogen-bond donors (Lipinski definition) is 1. The minimum absolute atomic E-state index is 0.101. The largest absolute Gasteiger partial charge is 0.496 e. The maximum atomic E-state index is 12.0.